The van der Waals surface area contributed by atoms with Crippen molar-refractivity contribution < 1.29 is 0 Å². The highest BCUT2D eigenvalue weighted by Crippen LogP contribution is 2.06. The fourth-order valence-corrected chi connectivity index (χ4v) is 1.13. The third-order valence-corrected chi connectivity index (χ3v) is 1.66. The van der Waals surface area contributed by atoms with Gasteiger partial charge in [-0.1, -0.05) is 0 Å². The van der Waals surface area contributed by atoms with Crippen molar-refractivity contribution in [3.05, 3.63) is 24.6 Å². The molecule has 0 aromatic heterocycles. The zero-order valence-corrected chi connectivity index (χ0v) is 6.16. The first-order valence-electron chi connectivity index (χ1n) is 3.72. The van der Waals surface area contributed by atoms with E-state index in [1.165, 1.54) is 25.9 Å². The fourth-order valence-electron chi connectivity index (χ4n) is 1.13. The fraction of sp³-hybridized carbons (Fsp3) is 0.500. The molecule has 1 aliphatic heterocycles. The number of nitrogens with zero attached hydrogens (tertiary/aromatic N) is 1. The molecule has 1 saturated heterocycles. The predicted molar refractivity (Wildman–Crippen MR) is 43.3 cm³/mol. The number of rotatable bonds is 2. The minimum atomic E-state index is 1.20. The van der Waals surface area contributed by atoms with E-state index in [0.717, 1.165) is 0 Å². The standard InChI is InChI=1S/C8H14N2/c9-5-1-2-6-10-7-3-4-8-10/h1-2,5-6H,3-4,7-9H2/b5-1+,6-2+. The summed E-state index contributed by atoms with van der Waals surface area (Å²) in [4.78, 5) is 2.31. The summed E-state index contributed by atoms with van der Waals surface area (Å²) in [5.41, 5.74) is 5.16. The smallest absolute Gasteiger partial charge is 0.0173 e. The Morgan fingerprint density at radius 1 is 1.10 bits per heavy atom. The second-order valence-electron chi connectivity index (χ2n) is 2.47. The van der Waals surface area contributed by atoms with Gasteiger partial charge in [0.1, 0.15) is 0 Å². The van der Waals surface area contributed by atoms with Gasteiger partial charge in [0.05, 0.1) is 0 Å². The second kappa shape index (κ2) is 3.99. The lowest BCUT2D eigenvalue weighted by atomic mass is 10.4. The van der Waals surface area contributed by atoms with Crippen molar-refractivity contribution in [2.24, 2.45) is 5.73 Å². The Bertz CT molecular complexity index is 132. The minimum absolute atomic E-state index is 1.20. The lowest BCUT2D eigenvalue weighted by molar-refractivity contribution is 0.468. The first-order valence-corrected chi connectivity index (χ1v) is 3.72. The molecule has 0 aromatic carbocycles. The van der Waals surface area contributed by atoms with Crippen LogP contribution in [0.3, 0.4) is 0 Å². The quantitative estimate of drug-likeness (QED) is 0.578. The molecule has 1 rings (SSSR count). The van der Waals surface area contributed by atoms with Crippen molar-refractivity contribution in [2.75, 3.05) is 13.1 Å². The molecule has 2 N–H and O–H groups in total. The average molecular weight is 138 g/mol. The Kier molecular flexibility index (Phi) is 2.87. The Morgan fingerprint density at radius 3 is 2.40 bits per heavy atom. The van der Waals surface area contributed by atoms with Gasteiger partial charge in [0, 0.05) is 13.1 Å². The maximum atomic E-state index is 5.16. The van der Waals surface area contributed by atoms with Gasteiger partial charge in [-0.05, 0) is 37.4 Å². The van der Waals surface area contributed by atoms with Crippen LogP contribution in [0.2, 0.25) is 0 Å². The van der Waals surface area contributed by atoms with Crippen molar-refractivity contribution in [1.82, 2.24) is 4.90 Å². The van der Waals surface area contributed by atoms with Crippen molar-refractivity contribution in [2.45, 2.75) is 12.8 Å². The van der Waals surface area contributed by atoms with E-state index < -0.39 is 0 Å². The predicted octanol–water partition coefficient (Wildman–Crippen LogP) is 1.07. The highest BCUT2D eigenvalue weighted by Gasteiger charge is 2.04. The zero-order chi connectivity index (χ0) is 7.23. The van der Waals surface area contributed by atoms with E-state index >= 15 is 0 Å². The van der Waals surface area contributed by atoms with Gasteiger partial charge in [0.2, 0.25) is 0 Å². The summed E-state index contributed by atoms with van der Waals surface area (Å²) in [5, 5.41) is 0. The second-order valence-corrected chi connectivity index (χ2v) is 2.47. The van der Waals surface area contributed by atoms with Crippen molar-refractivity contribution >= 4 is 0 Å². The summed E-state index contributed by atoms with van der Waals surface area (Å²) < 4.78 is 0. The van der Waals surface area contributed by atoms with Gasteiger partial charge in [0.15, 0.2) is 0 Å². The van der Waals surface area contributed by atoms with E-state index in [9.17, 15) is 0 Å². The largest absolute Gasteiger partial charge is 0.405 e. The van der Waals surface area contributed by atoms with Crippen molar-refractivity contribution in [3.8, 4) is 0 Å². The molecule has 0 aliphatic carbocycles. The van der Waals surface area contributed by atoms with Crippen LogP contribution in [-0.2, 0) is 0 Å². The van der Waals surface area contributed by atoms with Gasteiger partial charge in [-0.25, -0.2) is 0 Å². The van der Waals surface area contributed by atoms with Gasteiger partial charge >= 0.3 is 0 Å². The Hall–Kier alpha value is -0.920. The van der Waals surface area contributed by atoms with Gasteiger partial charge in [0.25, 0.3) is 0 Å². The van der Waals surface area contributed by atoms with Crippen molar-refractivity contribution in [1.29, 1.82) is 0 Å². The van der Waals surface area contributed by atoms with Crippen LogP contribution in [-0.4, -0.2) is 18.0 Å². The molecule has 2 heteroatoms. The highest BCUT2D eigenvalue weighted by molar-refractivity contribution is 5.00. The normalized spacial score (nSPS) is 19.8. The number of nitrogens with two attached hydrogens (primary N) is 1. The van der Waals surface area contributed by atoms with Crippen molar-refractivity contribution in [3.63, 3.8) is 0 Å². The Balaban J connectivity index is 2.22. The molecular formula is C8H14N2. The molecule has 0 saturated carbocycles. The van der Waals surface area contributed by atoms with E-state index in [2.05, 4.69) is 11.1 Å². The average Bonchev–Trinajstić information content (AvgIpc) is 2.41. The molecule has 0 aromatic rings. The van der Waals surface area contributed by atoms with Crippen LogP contribution in [0, 0.1) is 0 Å². The maximum absolute atomic E-state index is 5.16. The summed E-state index contributed by atoms with van der Waals surface area (Å²) in [6.45, 7) is 2.41. The molecule has 1 heterocycles. The molecule has 0 bridgehead atoms. The number of allylic oxidation sites excluding steroid dienone is 2. The maximum Gasteiger partial charge on any atom is 0.0173 e. The van der Waals surface area contributed by atoms with Crippen LogP contribution < -0.4 is 5.73 Å². The minimum Gasteiger partial charge on any atom is -0.405 e. The first-order chi connectivity index (χ1) is 4.93. The van der Waals surface area contributed by atoms with Gasteiger partial charge in [-0.3, -0.25) is 0 Å². The summed E-state index contributed by atoms with van der Waals surface area (Å²) >= 11 is 0. The lowest BCUT2D eigenvalue weighted by Crippen LogP contribution is -2.09. The van der Waals surface area contributed by atoms with Crippen LogP contribution in [0.5, 0.6) is 0 Å². The van der Waals surface area contributed by atoms with E-state index in [4.69, 9.17) is 5.73 Å². The number of likely N-dealkylation sites (tertiary alicyclic amines) is 1. The van der Waals surface area contributed by atoms with E-state index in [0.29, 0.717) is 0 Å². The monoisotopic (exact) mass is 138 g/mol. The molecule has 10 heavy (non-hydrogen) atoms. The summed E-state index contributed by atoms with van der Waals surface area (Å²) in [6, 6.07) is 0. The van der Waals surface area contributed by atoms with Crippen LogP contribution in [0.4, 0.5) is 0 Å². The third kappa shape index (κ3) is 2.13. The number of hydrogen-bond acceptors (Lipinski definition) is 2. The first kappa shape index (κ1) is 7.19. The van der Waals surface area contributed by atoms with Crippen LogP contribution in [0.25, 0.3) is 0 Å². The van der Waals surface area contributed by atoms with E-state index in [-0.39, 0.29) is 0 Å². The van der Waals surface area contributed by atoms with Crippen LogP contribution >= 0.6 is 0 Å². The Labute approximate surface area is 62.0 Å². The lowest BCUT2D eigenvalue weighted by Gasteiger charge is -2.08. The Morgan fingerprint density at radius 2 is 1.80 bits per heavy atom. The summed E-state index contributed by atoms with van der Waals surface area (Å²) in [5.74, 6) is 0. The molecule has 0 radical (unpaired) electrons. The molecule has 0 amide bonds. The number of hydrogen-bond donors (Lipinski definition) is 1. The summed E-state index contributed by atoms with van der Waals surface area (Å²) in [6.07, 6.45) is 10.1. The van der Waals surface area contributed by atoms with E-state index in [1.54, 1.807) is 6.20 Å². The molecule has 0 unspecified atom stereocenters. The van der Waals surface area contributed by atoms with E-state index in [1.807, 2.05) is 12.2 Å². The highest BCUT2D eigenvalue weighted by atomic mass is 15.1. The molecule has 1 aliphatic rings. The molecule has 2 nitrogen and oxygen atoms in total. The SMILES string of the molecule is N/C=C/C=C/N1CCCC1. The third-order valence-electron chi connectivity index (χ3n) is 1.66. The topological polar surface area (TPSA) is 29.3 Å². The van der Waals surface area contributed by atoms with Crippen LogP contribution in [0.15, 0.2) is 24.6 Å². The molecule has 0 spiro atoms. The summed E-state index contributed by atoms with van der Waals surface area (Å²) in [7, 11) is 0. The molecule has 0 atom stereocenters. The molecule has 1 fully saturated rings. The van der Waals surface area contributed by atoms with Gasteiger partial charge < -0.3 is 10.6 Å². The zero-order valence-electron chi connectivity index (χ0n) is 6.16. The molecular weight excluding hydrogens is 124 g/mol. The molecule has 56 valence electrons. The van der Waals surface area contributed by atoms with Gasteiger partial charge in [-0.2, -0.15) is 0 Å². The van der Waals surface area contributed by atoms with Crippen LogP contribution in [0.1, 0.15) is 12.8 Å². The van der Waals surface area contributed by atoms with Gasteiger partial charge in [-0.15, -0.1) is 0 Å².